The van der Waals surface area contributed by atoms with Crippen molar-refractivity contribution >= 4 is 63.3 Å². The van der Waals surface area contributed by atoms with Gasteiger partial charge in [0, 0.05) is 17.3 Å². The van der Waals surface area contributed by atoms with Crippen molar-refractivity contribution in [2.75, 3.05) is 6.54 Å². The lowest BCUT2D eigenvalue weighted by atomic mass is 9.99. The lowest BCUT2D eigenvalue weighted by Crippen LogP contribution is -2.61. The van der Waals surface area contributed by atoms with Crippen molar-refractivity contribution in [1.29, 1.82) is 0 Å². The molecule has 0 aliphatic rings. The highest BCUT2D eigenvalue weighted by atomic mass is 79.9. The molecule has 0 spiro atoms. The van der Waals surface area contributed by atoms with Crippen LogP contribution < -0.4 is 37.6 Å². The predicted molar refractivity (Wildman–Crippen MR) is 210 cm³/mol. The third-order valence-electron chi connectivity index (χ3n) is 8.65. The molecule has 2 aromatic carbocycles. The molecule has 18 nitrogen and oxygen atoms in total. The largest absolute Gasteiger partial charge is 0.508 e. The molecule has 0 heterocycles. The maximum Gasteiger partial charge on any atom is 0.322 e. The molecule has 0 bridgehead atoms. The quantitative estimate of drug-likeness (QED) is 0.0754. The average molecular weight is 863 g/mol. The Morgan fingerprint density at radius 3 is 1.63 bits per heavy atom. The Morgan fingerprint density at radius 1 is 0.596 bits per heavy atom. The zero-order chi connectivity index (χ0) is 43.0. The summed E-state index contributed by atoms with van der Waals surface area (Å²) in [6.07, 6.45) is -0.950. The minimum Gasteiger partial charge on any atom is -0.508 e. The van der Waals surface area contributed by atoms with Crippen molar-refractivity contribution < 1.29 is 53.7 Å². The molecule has 2 rings (SSSR count). The third-order valence-corrected chi connectivity index (χ3v) is 9.18. The summed E-state index contributed by atoms with van der Waals surface area (Å²) in [4.78, 5) is 103. The SMILES string of the molecule is CC(C)[C@H](NC(=O)[C@H](CCC(=O)O)NC(=O)[C@H](Cc1ccc(Br)cc1)NC(=O)[C@@H](C)NC(=O)[C@@H](N)Cc1ccc(O)cc1)C(=O)N[C@H](C(=O)NCC(=O)O)C(C)C. The van der Waals surface area contributed by atoms with Gasteiger partial charge in [0.15, 0.2) is 0 Å². The van der Waals surface area contributed by atoms with Crippen LogP contribution in [0.4, 0.5) is 0 Å². The summed E-state index contributed by atoms with van der Waals surface area (Å²) < 4.78 is 0.742. The number of phenolic OH excluding ortho intramolecular Hbond substituents is 1. The van der Waals surface area contributed by atoms with Crippen molar-refractivity contribution in [3.05, 3.63) is 64.1 Å². The van der Waals surface area contributed by atoms with Crippen LogP contribution in [0.1, 0.15) is 58.6 Å². The molecular weight excluding hydrogens is 810 g/mol. The highest BCUT2D eigenvalue weighted by Crippen LogP contribution is 2.14. The number of nitrogens with one attached hydrogen (secondary N) is 6. The number of halogens is 1. The molecule has 0 aliphatic heterocycles. The molecule has 0 aliphatic carbocycles. The maximum atomic E-state index is 13.9. The van der Waals surface area contributed by atoms with Gasteiger partial charge in [-0.05, 0) is 67.0 Å². The zero-order valence-corrected chi connectivity index (χ0v) is 33.9. The summed E-state index contributed by atoms with van der Waals surface area (Å²) >= 11 is 3.34. The van der Waals surface area contributed by atoms with E-state index in [1.165, 1.54) is 19.1 Å². The molecule has 0 unspecified atom stereocenters. The molecular formula is C38H52BrN7O11. The first-order chi connectivity index (χ1) is 26.7. The van der Waals surface area contributed by atoms with E-state index < -0.39 is 115 Å². The van der Waals surface area contributed by atoms with Crippen molar-refractivity contribution in [1.82, 2.24) is 31.9 Å². The van der Waals surface area contributed by atoms with Crippen LogP contribution in [0.2, 0.25) is 0 Å². The Morgan fingerprint density at radius 2 is 1.09 bits per heavy atom. The van der Waals surface area contributed by atoms with E-state index in [1.54, 1.807) is 64.1 Å². The molecule has 0 fully saturated rings. The van der Waals surface area contributed by atoms with Crippen molar-refractivity contribution in [2.24, 2.45) is 17.6 Å². The van der Waals surface area contributed by atoms with Gasteiger partial charge in [-0.1, -0.05) is 67.9 Å². The highest BCUT2D eigenvalue weighted by molar-refractivity contribution is 9.10. The van der Waals surface area contributed by atoms with E-state index in [1.807, 2.05) is 0 Å². The van der Waals surface area contributed by atoms with Crippen LogP contribution in [0.25, 0.3) is 0 Å². The monoisotopic (exact) mass is 861 g/mol. The van der Waals surface area contributed by atoms with Crippen LogP contribution in [0.3, 0.4) is 0 Å². The van der Waals surface area contributed by atoms with Crippen LogP contribution >= 0.6 is 15.9 Å². The molecule has 11 N–H and O–H groups in total. The van der Waals surface area contributed by atoms with Gasteiger partial charge in [0.1, 0.15) is 42.5 Å². The van der Waals surface area contributed by atoms with E-state index >= 15 is 0 Å². The minimum absolute atomic E-state index is 0.0413. The number of benzene rings is 2. The van der Waals surface area contributed by atoms with Crippen LogP contribution in [0.5, 0.6) is 5.75 Å². The summed E-state index contributed by atoms with van der Waals surface area (Å²) in [6.45, 7) is 7.16. The van der Waals surface area contributed by atoms with E-state index in [0.717, 1.165) is 4.47 Å². The second-order valence-electron chi connectivity index (χ2n) is 14.2. The number of amides is 6. The van der Waals surface area contributed by atoms with E-state index in [0.29, 0.717) is 11.1 Å². The van der Waals surface area contributed by atoms with E-state index in [-0.39, 0.29) is 18.6 Å². The van der Waals surface area contributed by atoms with Gasteiger partial charge in [-0.25, -0.2) is 0 Å². The van der Waals surface area contributed by atoms with Gasteiger partial charge in [-0.3, -0.25) is 38.4 Å². The molecule has 6 amide bonds. The van der Waals surface area contributed by atoms with Crippen molar-refractivity contribution in [2.45, 2.75) is 96.6 Å². The molecule has 19 heteroatoms. The second kappa shape index (κ2) is 22.9. The third kappa shape index (κ3) is 16.6. The number of hydrogen-bond donors (Lipinski definition) is 10. The summed E-state index contributed by atoms with van der Waals surface area (Å²) in [5.41, 5.74) is 7.33. The number of carboxylic acid groups (broad SMARTS) is 2. The van der Waals surface area contributed by atoms with E-state index in [9.17, 15) is 48.6 Å². The van der Waals surface area contributed by atoms with Gasteiger partial charge in [-0.2, -0.15) is 0 Å². The predicted octanol–water partition coefficient (Wildman–Crippen LogP) is 0.0887. The Kier molecular flexibility index (Phi) is 19.1. The molecule has 0 aromatic heterocycles. The summed E-state index contributed by atoms with van der Waals surface area (Å²) in [5.74, 6) is -8.36. The number of nitrogens with two attached hydrogens (primary N) is 1. The van der Waals surface area contributed by atoms with Gasteiger partial charge in [0.25, 0.3) is 0 Å². The number of aliphatic carboxylic acids is 2. The number of carbonyl (C=O) groups excluding carboxylic acids is 6. The molecule has 6 atom stereocenters. The molecule has 312 valence electrons. The zero-order valence-electron chi connectivity index (χ0n) is 32.3. The average Bonchev–Trinajstić information content (AvgIpc) is 3.14. The first-order valence-corrected chi connectivity index (χ1v) is 19.0. The Bertz CT molecular complexity index is 1740. The number of carboxylic acids is 2. The molecule has 0 saturated carbocycles. The smallest absolute Gasteiger partial charge is 0.322 e. The maximum absolute atomic E-state index is 13.9. The number of aromatic hydroxyl groups is 1. The van der Waals surface area contributed by atoms with Crippen molar-refractivity contribution in [3.63, 3.8) is 0 Å². The van der Waals surface area contributed by atoms with E-state index in [4.69, 9.17) is 10.8 Å². The molecule has 0 saturated heterocycles. The molecule has 0 radical (unpaired) electrons. The standard InChI is InChI=1S/C38H52BrN7O11/c1-19(2)31(37(56)41-18-30(50)51)46-38(57)32(20(3)4)45-35(54)27(14-15-29(48)49)43-36(55)28(17-23-6-10-24(39)11-7-23)44-33(52)21(5)42-34(53)26(40)16-22-8-12-25(47)13-9-22/h6-13,19-21,26-28,31-32,47H,14-18,40H2,1-5H3,(H,41,56)(H,42,53)(H,43,55)(H,44,52)(H,45,54)(H,46,57)(H,48,49)(H,50,51)/t21-,26+,27+,28+,31+,32+/m1/s1. The van der Waals surface area contributed by atoms with Gasteiger partial charge >= 0.3 is 11.9 Å². The van der Waals surface area contributed by atoms with Crippen LogP contribution in [-0.4, -0.2) is 105 Å². The van der Waals surface area contributed by atoms with Gasteiger partial charge in [-0.15, -0.1) is 0 Å². The Balaban J connectivity index is 2.29. The van der Waals surface area contributed by atoms with Gasteiger partial charge in [0.2, 0.25) is 35.4 Å². The minimum atomic E-state index is -1.51. The molecule has 57 heavy (non-hydrogen) atoms. The van der Waals surface area contributed by atoms with Crippen molar-refractivity contribution in [3.8, 4) is 5.75 Å². The van der Waals surface area contributed by atoms with Crippen LogP contribution in [0.15, 0.2) is 53.0 Å². The van der Waals surface area contributed by atoms with Gasteiger partial charge in [0.05, 0.1) is 6.04 Å². The highest BCUT2D eigenvalue weighted by Gasteiger charge is 2.34. The lowest BCUT2D eigenvalue weighted by molar-refractivity contribution is -0.140. The number of hydrogen-bond acceptors (Lipinski definition) is 10. The summed E-state index contributed by atoms with van der Waals surface area (Å²) in [5, 5.41) is 42.8. The fourth-order valence-electron chi connectivity index (χ4n) is 5.38. The van der Waals surface area contributed by atoms with E-state index in [2.05, 4.69) is 47.8 Å². The van der Waals surface area contributed by atoms with Crippen LogP contribution in [-0.2, 0) is 51.2 Å². The summed E-state index contributed by atoms with van der Waals surface area (Å²) in [6, 6.07) is 5.36. The first kappa shape index (κ1) is 47.6. The fourth-order valence-corrected chi connectivity index (χ4v) is 5.64. The number of carbonyl (C=O) groups is 8. The topological polar surface area (TPSA) is 295 Å². The number of rotatable bonds is 22. The first-order valence-electron chi connectivity index (χ1n) is 18.2. The number of phenols is 1. The Labute approximate surface area is 338 Å². The normalized spacial score (nSPS) is 14.2. The van der Waals surface area contributed by atoms with Crippen LogP contribution in [0, 0.1) is 11.8 Å². The Hall–Kier alpha value is -5.56. The fraction of sp³-hybridized carbons (Fsp3) is 0.474. The lowest BCUT2D eigenvalue weighted by Gasteiger charge is -2.29. The summed E-state index contributed by atoms with van der Waals surface area (Å²) in [7, 11) is 0. The van der Waals surface area contributed by atoms with Gasteiger partial charge < -0.3 is 53.0 Å². The second-order valence-corrected chi connectivity index (χ2v) is 15.1. The molecule has 2 aromatic rings.